The standard InChI is InChI=1S/C21H21N5O4/c1-14-20(28)24(12-18(27)30-2)8-9-25(14)21(29)15-10-17-19(22-11-15)26(13-23-17)16-6-4-3-5-7-16/h3-7,10-11,13-14H,8-9,12H2,1-2H3. The summed E-state index contributed by atoms with van der Waals surface area (Å²) in [5, 5.41) is 0. The van der Waals surface area contributed by atoms with E-state index in [1.165, 1.54) is 23.1 Å². The maximum atomic E-state index is 13.1. The van der Waals surface area contributed by atoms with Crippen molar-refractivity contribution in [2.24, 2.45) is 0 Å². The van der Waals surface area contributed by atoms with Crippen molar-refractivity contribution in [3.63, 3.8) is 0 Å². The Morgan fingerprint density at radius 1 is 1.17 bits per heavy atom. The molecular formula is C21H21N5O4. The summed E-state index contributed by atoms with van der Waals surface area (Å²) in [5.74, 6) is -1.07. The molecule has 1 saturated heterocycles. The van der Waals surface area contributed by atoms with Crippen molar-refractivity contribution in [3.8, 4) is 5.69 Å². The highest BCUT2D eigenvalue weighted by atomic mass is 16.5. The Balaban J connectivity index is 1.55. The minimum absolute atomic E-state index is 0.119. The van der Waals surface area contributed by atoms with E-state index in [2.05, 4.69) is 14.7 Å². The smallest absolute Gasteiger partial charge is 0.325 e. The predicted octanol–water partition coefficient (Wildman–Crippen LogP) is 1.27. The lowest BCUT2D eigenvalue weighted by molar-refractivity contribution is -0.150. The van der Waals surface area contributed by atoms with Gasteiger partial charge in [0, 0.05) is 25.0 Å². The third kappa shape index (κ3) is 3.49. The van der Waals surface area contributed by atoms with E-state index >= 15 is 0 Å². The number of carbonyl (C=O) groups is 3. The van der Waals surface area contributed by atoms with Crippen LogP contribution in [-0.2, 0) is 14.3 Å². The number of imidazole rings is 1. The molecule has 0 saturated carbocycles. The first-order valence-corrected chi connectivity index (χ1v) is 9.54. The highest BCUT2D eigenvalue weighted by Gasteiger charge is 2.35. The summed E-state index contributed by atoms with van der Waals surface area (Å²) in [6, 6.07) is 10.7. The molecule has 9 nitrogen and oxygen atoms in total. The van der Waals surface area contributed by atoms with E-state index in [0.29, 0.717) is 23.3 Å². The number of para-hydroxylation sites is 1. The molecular weight excluding hydrogens is 386 g/mol. The van der Waals surface area contributed by atoms with Gasteiger partial charge in [0.15, 0.2) is 5.65 Å². The number of methoxy groups -OCH3 is 1. The second-order valence-corrected chi connectivity index (χ2v) is 7.03. The largest absolute Gasteiger partial charge is 0.468 e. The van der Waals surface area contributed by atoms with Crippen LogP contribution in [0.1, 0.15) is 17.3 Å². The van der Waals surface area contributed by atoms with Crippen LogP contribution in [0.15, 0.2) is 48.9 Å². The quantitative estimate of drug-likeness (QED) is 0.604. The summed E-state index contributed by atoms with van der Waals surface area (Å²) in [4.78, 5) is 48.8. The Kier molecular flexibility index (Phi) is 5.18. The fraction of sp³-hybridized carbons (Fsp3) is 0.286. The highest BCUT2D eigenvalue weighted by Crippen LogP contribution is 2.20. The van der Waals surface area contributed by atoms with Crippen LogP contribution >= 0.6 is 0 Å². The number of fused-ring (bicyclic) bond motifs is 1. The number of benzene rings is 1. The van der Waals surface area contributed by atoms with Gasteiger partial charge in [-0.05, 0) is 25.1 Å². The third-order valence-corrected chi connectivity index (χ3v) is 5.22. The van der Waals surface area contributed by atoms with E-state index in [4.69, 9.17) is 0 Å². The third-order valence-electron chi connectivity index (χ3n) is 5.22. The van der Waals surface area contributed by atoms with Crippen LogP contribution in [0, 0.1) is 0 Å². The molecule has 3 aromatic rings. The molecule has 154 valence electrons. The van der Waals surface area contributed by atoms with Gasteiger partial charge in [0.1, 0.15) is 24.4 Å². The topological polar surface area (TPSA) is 97.6 Å². The molecule has 30 heavy (non-hydrogen) atoms. The molecule has 1 unspecified atom stereocenters. The van der Waals surface area contributed by atoms with Crippen molar-refractivity contribution in [2.45, 2.75) is 13.0 Å². The van der Waals surface area contributed by atoms with Crippen molar-refractivity contribution in [3.05, 3.63) is 54.5 Å². The molecule has 2 amide bonds. The molecule has 1 aliphatic heterocycles. The van der Waals surface area contributed by atoms with Gasteiger partial charge in [0.25, 0.3) is 5.91 Å². The molecule has 0 spiro atoms. The van der Waals surface area contributed by atoms with Gasteiger partial charge in [0.2, 0.25) is 5.91 Å². The van der Waals surface area contributed by atoms with Crippen LogP contribution in [0.2, 0.25) is 0 Å². The molecule has 1 fully saturated rings. The molecule has 0 N–H and O–H groups in total. The zero-order valence-corrected chi connectivity index (χ0v) is 16.7. The number of piperazine rings is 1. The van der Waals surface area contributed by atoms with Gasteiger partial charge in [-0.1, -0.05) is 18.2 Å². The van der Waals surface area contributed by atoms with Crippen LogP contribution in [0.3, 0.4) is 0 Å². The van der Waals surface area contributed by atoms with Crippen molar-refractivity contribution >= 4 is 28.9 Å². The number of ether oxygens (including phenoxy) is 1. The van der Waals surface area contributed by atoms with Gasteiger partial charge in [-0.25, -0.2) is 9.97 Å². The zero-order valence-electron chi connectivity index (χ0n) is 16.7. The Morgan fingerprint density at radius 2 is 1.93 bits per heavy atom. The van der Waals surface area contributed by atoms with Crippen LogP contribution < -0.4 is 0 Å². The van der Waals surface area contributed by atoms with Crippen molar-refractivity contribution < 1.29 is 19.1 Å². The minimum atomic E-state index is -0.687. The van der Waals surface area contributed by atoms with Gasteiger partial charge in [-0.15, -0.1) is 0 Å². The van der Waals surface area contributed by atoms with Gasteiger partial charge >= 0.3 is 5.97 Å². The lowest BCUT2D eigenvalue weighted by Gasteiger charge is -2.38. The highest BCUT2D eigenvalue weighted by molar-refractivity contribution is 6.00. The Hall–Kier alpha value is -3.75. The molecule has 1 aromatic carbocycles. The Morgan fingerprint density at radius 3 is 2.67 bits per heavy atom. The van der Waals surface area contributed by atoms with Gasteiger partial charge < -0.3 is 14.5 Å². The average Bonchev–Trinajstić information content (AvgIpc) is 3.20. The summed E-state index contributed by atoms with van der Waals surface area (Å²) in [6.07, 6.45) is 3.17. The van der Waals surface area contributed by atoms with Crippen LogP contribution in [-0.4, -0.2) is 74.9 Å². The van der Waals surface area contributed by atoms with Crippen molar-refractivity contribution in [1.29, 1.82) is 0 Å². The second-order valence-electron chi connectivity index (χ2n) is 7.03. The maximum absolute atomic E-state index is 13.1. The van der Waals surface area contributed by atoms with E-state index in [0.717, 1.165) is 5.69 Å². The van der Waals surface area contributed by atoms with E-state index < -0.39 is 12.0 Å². The number of rotatable bonds is 4. The Bertz CT molecular complexity index is 1110. The first-order chi connectivity index (χ1) is 14.5. The molecule has 9 heteroatoms. The van der Waals surface area contributed by atoms with E-state index in [1.54, 1.807) is 19.3 Å². The first-order valence-electron chi connectivity index (χ1n) is 9.54. The molecule has 0 aliphatic carbocycles. The fourth-order valence-corrected chi connectivity index (χ4v) is 3.55. The van der Waals surface area contributed by atoms with E-state index in [9.17, 15) is 14.4 Å². The van der Waals surface area contributed by atoms with Gasteiger partial charge in [-0.3, -0.25) is 19.0 Å². The number of pyridine rings is 1. The number of esters is 1. The summed E-state index contributed by atoms with van der Waals surface area (Å²) in [6.45, 7) is 2.12. The van der Waals surface area contributed by atoms with E-state index in [-0.39, 0.29) is 24.9 Å². The SMILES string of the molecule is COC(=O)CN1CCN(C(=O)c2cnc3c(c2)ncn3-c2ccccc2)C(C)C1=O. The maximum Gasteiger partial charge on any atom is 0.325 e. The van der Waals surface area contributed by atoms with Crippen molar-refractivity contribution in [2.75, 3.05) is 26.7 Å². The predicted molar refractivity (Wildman–Crippen MR) is 108 cm³/mol. The second kappa shape index (κ2) is 7.94. The molecule has 1 aliphatic rings. The summed E-state index contributed by atoms with van der Waals surface area (Å²) in [5.41, 5.74) is 2.52. The number of aromatic nitrogens is 3. The van der Waals surface area contributed by atoms with Crippen molar-refractivity contribution in [1.82, 2.24) is 24.3 Å². The lowest BCUT2D eigenvalue weighted by atomic mass is 10.1. The molecule has 3 heterocycles. The number of nitrogens with zero attached hydrogens (tertiary/aromatic N) is 5. The summed E-state index contributed by atoms with van der Waals surface area (Å²) >= 11 is 0. The monoisotopic (exact) mass is 407 g/mol. The molecule has 2 aromatic heterocycles. The molecule has 1 atom stereocenters. The number of carbonyl (C=O) groups excluding carboxylic acids is 3. The first kappa shape index (κ1) is 19.6. The summed E-state index contributed by atoms with van der Waals surface area (Å²) in [7, 11) is 1.28. The molecule has 4 rings (SSSR count). The van der Waals surface area contributed by atoms with Gasteiger partial charge in [0.05, 0.1) is 12.7 Å². The lowest BCUT2D eigenvalue weighted by Crippen LogP contribution is -2.58. The average molecular weight is 407 g/mol. The molecule has 0 bridgehead atoms. The number of hydrogen-bond donors (Lipinski definition) is 0. The van der Waals surface area contributed by atoms with Crippen LogP contribution in [0.4, 0.5) is 0 Å². The number of hydrogen-bond acceptors (Lipinski definition) is 6. The van der Waals surface area contributed by atoms with Crippen LogP contribution in [0.25, 0.3) is 16.9 Å². The Labute approximate surface area is 172 Å². The van der Waals surface area contributed by atoms with Gasteiger partial charge in [-0.2, -0.15) is 0 Å². The van der Waals surface area contributed by atoms with Crippen LogP contribution in [0.5, 0.6) is 0 Å². The fourth-order valence-electron chi connectivity index (χ4n) is 3.55. The normalized spacial score (nSPS) is 16.7. The minimum Gasteiger partial charge on any atom is -0.468 e. The number of amides is 2. The summed E-state index contributed by atoms with van der Waals surface area (Å²) < 4.78 is 6.47. The van der Waals surface area contributed by atoms with E-state index in [1.807, 2.05) is 34.9 Å². The molecule has 0 radical (unpaired) electrons. The zero-order chi connectivity index (χ0) is 21.3.